The Balaban J connectivity index is 1.20. The van der Waals surface area contributed by atoms with Crippen LogP contribution in [0, 0.1) is 0 Å². The molecule has 0 saturated heterocycles. The maximum absolute atomic E-state index is 12.5. The second-order valence-corrected chi connectivity index (χ2v) is 13.1. The maximum Gasteiger partial charge on any atom is 0.163 e. The fourth-order valence-electron chi connectivity index (χ4n) is 8.47. The van der Waals surface area contributed by atoms with E-state index >= 15 is 0 Å². The number of ketones is 1. The average Bonchev–Trinajstić information content (AvgIpc) is 3.75. The van der Waals surface area contributed by atoms with Crippen molar-refractivity contribution in [3.05, 3.63) is 191 Å². The molecule has 9 rings (SSSR count). The molecule has 3 aliphatic rings. The molecule has 236 valence electrons. The van der Waals surface area contributed by atoms with E-state index in [1.165, 1.54) is 62.7 Å². The summed E-state index contributed by atoms with van der Waals surface area (Å²) in [5.74, 6) is -0.130. The first-order valence-electron chi connectivity index (χ1n) is 16.7. The molecule has 6 aromatic rings. The van der Waals surface area contributed by atoms with Crippen LogP contribution in [0.4, 0.5) is 5.69 Å². The highest BCUT2D eigenvalue weighted by Crippen LogP contribution is 2.56. The van der Waals surface area contributed by atoms with Gasteiger partial charge in [-0.3, -0.25) is 4.79 Å². The van der Waals surface area contributed by atoms with Gasteiger partial charge in [0.25, 0.3) is 0 Å². The van der Waals surface area contributed by atoms with Crippen molar-refractivity contribution in [3.8, 4) is 33.4 Å². The molecule has 0 amide bonds. The highest BCUT2D eigenvalue weighted by atomic mass is 16.3. The lowest BCUT2D eigenvalue weighted by molar-refractivity contribution is -0.111. The van der Waals surface area contributed by atoms with Gasteiger partial charge in [-0.05, 0) is 81.6 Å². The third-order valence-corrected chi connectivity index (χ3v) is 10.5. The normalized spacial score (nSPS) is 16.4. The van der Waals surface area contributed by atoms with E-state index in [-0.39, 0.29) is 17.7 Å². The zero-order valence-corrected chi connectivity index (χ0v) is 27.3. The predicted octanol–water partition coefficient (Wildman–Crippen LogP) is 10.2. The Bertz CT molecular complexity index is 2320. The van der Waals surface area contributed by atoms with Gasteiger partial charge in [-0.15, -0.1) is 0 Å². The number of Topliss-reactive ketones (excluding diaryl/α,β-unsaturated/α-hetero) is 1. The first kappa shape index (κ1) is 29.0. The van der Waals surface area contributed by atoms with Crippen molar-refractivity contribution in [3.63, 3.8) is 0 Å². The molecule has 0 aromatic heterocycles. The number of aliphatic hydroxyl groups is 1. The van der Waals surface area contributed by atoms with Crippen molar-refractivity contribution in [1.29, 1.82) is 0 Å². The quantitative estimate of drug-likeness (QED) is 0.146. The fourth-order valence-corrected chi connectivity index (χ4v) is 8.47. The predicted molar refractivity (Wildman–Crippen MR) is 198 cm³/mol. The number of allylic oxidation sites excluding steroid dienone is 2. The number of nitrogens with one attached hydrogen (secondary N) is 1. The number of fused-ring (bicyclic) bond motifs is 9. The number of hydrogen-bond acceptors (Lipinski definition) is 4. The second kappa shape index (κ2) is 11.0. The fraction of sp³-hybridized carbons (Fsp3) is 0.0889. The van der Waals surface area contributed by atoms with E-state index in [0.29, 0.717) is 11.1 Å². The number of carbonyl (C=O) groups excluding carboxylic acids is 1. The molecule has 1 atom stereocenters. The maximum atomic E-state index is 12.5. The molecule has 49 heavy (non-hydrogen) atoms. The number of aliphatic hydroxyl groups excluding tert-OH is 1. The molecular formula is C45H34N2O2. The molecule has 4 heteroatoms. The molecule has 2 N–H and O–H groups in total. The van der Waals surface area contributed by atoms with E-state index in [9.17, 15) is 9.90 Å². The third-order valence-electron chi connectivity index (χ3n) is 10.5. The van der Waals surface area contributed by atoms with Gasteiger partial charge in [0.1, 0.15) is 11.9 Å². The van der Waals surface area contributed by atoms with E-state index in [0.717, 1.165) is 11.1 Å². The molecule has 1 unspecified atom stereocenters. The Morgan fingerprint density at radius 2 is 1.22 bits per heavy atom. The highest BCUT2D eigenvalue weighted by Gasteiger charge is 2.46. The van der Waals surface area contributed by atoms with Crippen molar-refractivity contribution in [1.82, 2.24) is 5.32 Å². The number of rotatable bonds is 5. The van der Waals surface area contributed by atoms with Crippen LogP contribution in [0.25, 0.3) is 39.0 Å². The lowest BCUT2D eigenvalue weighted by Gasteiger charge is -2.35. The zero-order valence-electron chi connectivity index (χ0n) is 27.3. The van der Waals surface area contributed by atoms with E-state index in [2.05, 4.69) is 144 Å². The molecule has 1 aliphatic carbocycles. The lowest BCUT2D eigenvalue weighted by atomic mass is 9.67. The van der Waals surface area contributed by atoms with Gasteiger partial charge < -0.3 is 15.3 Å². The number of carbonyl (C=O) groups is 1. The van der Waals surface area contributed by atoms with Gasteiger partial charge in [-0.1, -0.05) is 127 Å². The Hall–Kier alpha value is -6.13. The van der Waals surface area contributed by atoms with Crippen LogP contribution in [0.15, 0.2) is 158 Å². The van der Waals surface area contributed by atoms with Crippen LogP contribution >= 0.6 is 0 Å². The van der Waals surface area contributed by atoms with E-state index in [4.69, 9.17) is 0 Å². The summed E-state index contributed by atoms with van der Waals surface area (Å²) in [6.45, 7) is 3.06. The molecule has 0 spiro atoms. The third kappa shape index (κ3) is 4.20. The van der Waals surface area contributed by atoms with E-state index < -0.39 is 5.41 Å². The largest absolute Gasteiger partial charge is 0.512 e. The number of benzene rings is 6. The van der Waals surface area contributed by atoms with Crippen LogP contribution in [-0.2, 0) is 10.2 Å². The van der Waals surface area contributed by atoms with Crippen LogP contribution in [-0.4, -0.2) is 10.9 Å². The first-order valence-corrected chi connectivity index (χ1v) is 16.7. The number of hydrogen-bond donors (Lipinski definition) is 2. The summed E-state index contributed by atoms with van der Waals surface area (Å²) in [6, 6.07) is 50.0. The van der Waals surface area contributed by atoms with Crippen LogP contribution < -0.4 is 10.2 Å². The lowest BCUT2D eigenvalue weighted by Crippen LogP contribution is -2.30. The number of nitrogens with zero attached hydrogens (tertiary/aromatic N) is 1. The monoisotopic (exact) mass is 634 g/mol. The summed E-state index contributed by atoms with van der Waals surface area (Å²) in [4.78, 5) is 14.8. The Morgan fingerprint density at radius 3 is 1.86 bits per heavy atom. The van der Waals surface area contributed by atoms with Crippen molar-refractivity contribution < 1.29 is 9.90 Å². The van der Waals surface area contributed by atoms with Crippen molar-refractivity contribution >= 4 is 17.0 Å². The van der Waals surface area contributed by atoms with Crippen LogP contribution in [0.5, 0.6) is 0 Å². The standard InChI is InChI=1S/C45H34N2O2/c1-28(48)43(29(2)49)31-17-22-34(23-18-31)45(40-13-7-5-10-36(40)37-11-6-8-14-41(37)45)33-20-15-30(16-21-33)32-19-24-42-39(27-32)35-9-3-4-12-38(35)44-46-25-26-47(42)44/h3-27,44,46,48H,1-2H3. The molecule has 0 fully saturated rings. The molecule has 0 radical (unpaired) electrons. The van der Waals surface area contributed by atoms with Gasteiger partial charge in [0.15, 0.2) is 5.78 Å². The first-order chi connectivity index (χ1) is 24.0. The molecule has 2 aliphatic heterocycles. The Labute approximate surface area is 286 Å². The summed E-state index contributed by atoms with van der Waals surface area (Å²) < 4.78 is 0. The SMILES string of the molecule is CC(=O)C(=C(C)O)c1ccc(C2(c3ccc(-c4ccc5c(c4)-c4ccccc4C4NC=CN54)cc3)c3ccccc3-c3ccccc32)cc1. The highest BCUT2D eigenvalue weighted by molar-refractivity contribution is 6.20. The summed E-state index contributed by atoms with van der Waals surface area (Å²) in [5.41, 5.74) is 14.9. The summed E-state index contributed by atoms with van der Waals surface area (Å²) in [5, 5.41) is 13.8. The smallest absolute Gasteiger partial charge is 0.163 e. The number of anilines is 1. The molecule has 2 heterocycles. The summed E-state index contributed by atoms with van der Waals surface area (Å²) in [6.07, 6.45) is 4.27. The minimum absolute atomic E-state index is 0.0288. The van der Waals surface area contributed by atoms with Gasteiger partial charge in [0.2, 0.25) is 0 Å². The van der Waals surface area contributed by atoms with Gasteiger partial charge in [0.05, 0.1) is 16.7 Å². The van der Waals surface area contributed by atoms with Gasteiger partial charge in [0, 0.05) is 23.5 Å². The van der Waals surface area contributed by atoms with Crippen LogP contribution in [0.2, 0.25) is 0 Å². The average molecular weight is 635 g/mol. The second-order valence-electron chi connectivity index (χ2n) is 13.1. The summed E-state index contributed by atoms with van der Waals surface area (Å²) in [7, 11) is 0. The Kier molecular flexibility index (Phi) is 6.50. The minimum atomic E-state index is -0.572. The van der Waals surface area contributed by atoms with E-state index in [1.54, 1.807) is 6.92 Å². The van der Waals surface area contributed by atoms with Gasteiger partial charge >= 0.3 is 0 Å². The van der Waals surface area contributed by atoms with Crippen molar-refractivity contribution in [2.75, 3.05) is 4.90 Å². The summed E-state index contributed by atoms with van der Waals surface area (Å²) >= 11 is 0. The van der Waals surface area contributed by atoms with Crippen molar-refractivity contribution in [2.45, 2.75) is 25.4 Å². The van der Waals surface area contributed by atoms with E-state index in [1.807, 2.05) is 18.3 Å². The van der Waals surface area contributed by atoms with Crippen LogP contribution in [0.1, 0.15) is 53.4 Å². The van der Waals surface area contributed by atoms with Crippen molar-refractivity contribution in [2.24, 2.45) is 0 Å². The molecule has 6 aromatic carbocycles. The van der Waals surface area contributed by atoms with Crippen LogP contribution in [0.3, 0.4) is 0 Å². The van der Waals surface area contributed by atoms with Gasteiger partial charge in [-0.25, -0.2) is 0 Å². The Morgan fingerprint density at radius 1 is 0.653 bits per heavy atom. The van der Waals surface area contributed by atoms with Gasteiger partial charge in [-0.2, -0.15) is 0 Å². The minimum Gasteiger partial charge on any atom is -0.512 e. The molecule has 0 bridgehead atoms. The zero-order chi connectivity index (χ0) is 33.3. The molecule has 4 nitrogen and oxygen atoms in total. The molecular weight excluding hydrogens is 601 g/mol. The topological polar surface area (TPSA) is 52.6 Å². The molecule has 0 saturated carbocycles.